The van der Waals surface area contributed by atoms with Crippen LogP contribution >= 0.6 is 0 Å². The van der Waals surface area contributed by atoms with Gasteiger partial charge < -0.3 is 19.9 Å². The van der Waals surface area contributed by atoms with Gasteiger partial charge in [-0.15, -0.1) is 0 Å². The summed E-state index contributed by atoms with van der Waals surface area (Å²) in [7, 11) is 3.48. The molecule has 2 aromatic carbocycles. The Kier molecular flexibility index (Phi) is 7.72. The highest BCUT2D eigenvalue weighted by Crippen LogP contribution is 2.36. The first-order chi connectivity index (χ1) is 17.4. The van der Waals surface area contributed by atoms with Gasteiger partial charge in [0.25, 0.3) is 11.8 Å². The number of carbonyl (C=O) groups is 2. The number of benzene rings is 2. The van der Waals surface area contributed by atoms with Crippen LogP contribution in [0.2, 0.25) is 0 Å². The van der Waals surface area contributed by atoms with Crippen molar-refractivity contribution >= 4 is 28.6 Å². The van der Waals surface area contributed by atoms with Crippen LogP contribution in [-0.4, -0.2) is 62.0 Å². The first-order valence-electron chi connectivity index (χ1n) is 12.4. The Balaban J connectivity index is 1.78. The van der Waals surface area contributed by atoms with E-state index in [2.05, 4.69) is 24.1 Å². The molecule has 0 saturated carbocycles. The molecule has 2 aliphatic rings. The number of methoxy groups -OCH3 is 1. The van der Waals surface area contributed by atoms with Gasteiger partial charge in [0.2, 0.25) is 0 Å². The lowest BCUT2D eigenvalue weighted by atomic mass is 9.94. The third-order valence-electron chi connectivity index (χ3n) is 6.88. The molecule has 0 radical (unpaired) electrons. The normalized spacial score (nSPS) is 16.2. The molecule has 0 saturated heterocycles. The van der Waals surface area contributed by atoms with E-state index in [-0.39, 0.29) is 11.8 Å². The largest absolute Gasteiger partial charge is 0.497 e. The number of hydrogen-bond acceptors (Lipinski definition) is 4. The van der Waals surface area contributed by atoms with Crippen molar-refractivity contribution in [2.45, 2.75) is 20.8 Å². The Hall–Kier alpha value is -3.68. The molecule has 36 heavy (non-hydrogen) atoms. The van der Waals surface area contributed by atoms with E-state index < -0.39 is 0 Å². The van der Waals surface area contributed by atoms with Crippen LogP contribution in [0.5, 0.6) is 5.75 Å². The Labute approximate surface area is 213 Å². The Morgan fingerprint density at radius 2 is 1.83 bits per heavy atom. The lowest BCUT2D eigenvalue weighted by molar-refractivity contribution is -0.545. The minimum atomic E-state index is -0.143. The first-order valence-corrected chi connectivity index (χ1v) is 12.4. The van der Waals surface area contributed by atoms with Crippen LogP contribution < -0.4 is 15.4 Å². The highest BCUT2D eigenvalue weighted by Gasteiger charge is 2.35. The van der Waals surface area contributed by atoms with E-state index in [9.17, 15) is 9.59 Å². The molecule has 0 atom stereocenters. The van der Waals surface area contributed by atoms with Crippen molar-refractivity contribution in [3.8, 4) is 5.75 Å². The number of likely N-dealkylation sites (N-methyl/N-ethyl adjacent to an activating group) is 2. The van der Waals surface area contributed by atoms with Crippen molar-refractivity contribution in [1.29, 1.82) is 0 Å². The van der Waals surface area contributed by atoms with Gasteiger partial charge in [0, 0.05) is 44.4 Å². The second-order valence-corrected chi connectivity index (χ2v) is 9.08. The molecular formula is C29H35N4O3+. The number of anilines is 1. The molecule has 2 aliphatic heterocycles. The minimum absolute atomic E-state index is 0.0293. The summed E-state index contributed by atoms with van der Waals surface area (Å²) in [5, 5.41) is 4.94. The molecule has 0 fully saturated rings. The maximum Gasteiger partial charge on any atom is 0.260 e. The summed E-state index contributed by atoms with van der Waals surface area (Å²) in [5.41, 5.74) is 6.32. The van der Waals surface area contributed by atoms with Crippen molar-refractivity contribution in [3.05, 3.63) is 82.7 Å². The van der Waals surface area contributed by atoms with E-state index in [0.29, 0.717) is 23.4 Å². The van der Waals surface area contributed by atoms with Gasteiger partial charge in [-0.3, -0.25) is 14.9 Å². The summed E-state index contributed by atoms with van der Waals surface area (Å²) in [6, 6.07) is 15.4. The van der Waals surface area contributed by atoms with Crippen molar-refractivity contribution in [2.24, 2.45) is 0 Å². The highest BCUT2D eigenvalue weighted by atomic mass is 16.5. The zero-order valence-corrected chi connectivity index (χ0v) is 21.7. The van der Waals surface area contributed by atoms with Crippen LogP contribution in [0.15, 0.2) is 71.6 Å². The Bertz CT molecular complexity index is 1270. The van der Waals surface area contributed by atoms with E-state index in [4.69, 9.17) is 4.74 Å². The van der Waals surface area contributed by atoms with Crippen molar-refractivity contribution in [3.63, 3.8) is 0 Å². The molecule has 0 aliphatic carbocycles. The molecule has 7 nitrogen and oxygen atoms in total. The number of ether oxygens (including phenoxy) is 1. The van der Waals surface area contributed by atoms with E-state index in [1.807, 2.05) is 73.9 Å². The van der Waals surface area contributed by atoms with E-state index in [0.717, 1.165) is 53.4 Å². The third kappa shape index (κ3) is 4.98. The quantitative estimate of drug-likeness (QED) is 0.533. The SMILES string of the molecule is CCN(CC)CCN(C)C(=O)C1=C(C)[NH2+]C(/C=C2\C(=O)Nc3ccccc32)=C1c1cccc(OC)c1. The van der Waals surface area contributed by atoms with E-state index in [1.165, 1.54) is 0 Å². The number of amides is 2. The van der Waals surface area contributed by atoms with Gasteiger partial charge in [0.1, 0.15) is 22.7 Å². The van der Waals surface area contributed by atoms with Gasteiger partial charge in [-0.1, -0.05) is 44.2 Å². The topological polar surface area (TPSA) is 78.5 Å². The maximum atomic E-state index is 13.8. The summed E-state index contributed by atoms with van der Waals surface area (Å²) in [5.74, 6) is 0.538. The summed E-state index contributed by atoms with van der Waals surface area (Å²) >= 11 is 0. The van der Waals surface area contributed by atoms with Gasteiger partial charge in [0.05, 0.1) is 18.3 Å². The lowest BCUT2D eigenvalue weighted by Gasteiger charge is -2.24. The number of hydrogen-bond donors (Lipinski definition) is 2. The molecule has 4 rings (SSSR count). The second-order valence-electron chi connectivity index (χ2n) is 9.08. The molecule has 0 aromatic heterocycles. The zero-order valence-electron chi connectivity index (χ0n) is 21.7. The van der Waals surface area contributed by atoms with E-state index >= 15 is 0 Å². The molecule has 0 unspecified atom stereocenters. The van der Waals surface area contributed by atoms with Crippen molar-refractivity contribution < 1.29 is 19.6 Å². The average Bonchev–Trinajstić information content (AvgIpc) is 3.39. The Morgan fingerprint density at radius 3 is 2.56 bits per heavy atom. The number of nitrogens with one attached hydrogen (secondary N) is 1. The third-order valence-corrected chi connectivity index (χ3v) is 6.88. The fourth-order valence-corrected chi connectivity index (χ4v) is 4.76. The average molecular weight is 488 g/mol. The summed E-state index contributed by atoms with van der Waals surface area (Å²) in [4.78, 5) is 30.7. The van der Waals surface area contributed by atoms with Crippen molar-refractivity contribution in [2.75, 3.05) is 45.7 Å². The summed E-state index contributed by atoms with van der Waals surface area (Å²) < 4.78 is 5.48. The van der Waals surface area contributed by atoms with Gasteiger partial charge in [-0.25, -0.2) is 0 Å². The fourth-order valence-electron chi connectivity index (χ4n) is 4.76. The number of quaternary nitrogens is 1. The van der Waals surface area contributed by atoms with Crippen LogP contribution in [0.25, 0.3) is 11.1 Å². The smallest absolute Gasteiger partial charge is 0.260 e. The first kappa shape index (κ1) is 25.4. The summed E-state index contributed by atoms with van der Waals surface area (Å²) in [6.07, 6.45) is 1.90. The number of rotatable bonds is 9. The van der Waals surface area contributed by atoms with Gasteiger partial charge in [-0.05, 0) is 36.9 Å². The predicted molar refractivity (Wildman–Crippen MR) is 143 cm³/mol. The Morgan fingerprint density at radius 1 is 1.08 bits per heavy atom. The van der Waals surface area contributed by atoms with Crippen LogP contribution in [-0.2, 0) is 9.59 Å². The molecule has 3 N–H and O–H groups in total. The number of nitrogens with two attached hydrogens (primary N) is 1. The van der Waals surface area contributed by atoms with Crippen molar-refractivity contribution in [1.82, 2.24) is 9.80 Å². The van der Waals surface area contributed by atoms with Gasteiger partial charge in [0.15, 0.2) is 0 Å². The maximum absolute atomic E-state index is 13.8. The summed E-state index contributed by atoms with van der Waals surface area (Å²) in [6.45, 7) is 9.57. The minimum Gasteiger partial charge on any atom is -0.497 e. The fraction of sp³-hybridized carbons (Fsp3) is 0.310. The van der Waals surface area contributed by atoms with Gasteiger partial charge in [-0.2, -0.15) is 0 Å². The number of para-hydroxylation sites is 1. The lowest BCUT2D eigenvalue weighted by Crippen LogP contribution is -2.77. The zero-order chi connectivity index (χ0) is 25.8. The van der Waals surface area contributed by atoms with Crippen LogP contribution in [0.4, 0.5) is 5.69 Å². The number of nitrogens with zero attached hydrogens (tertiary/aromatic N) is 2. The molecular weight excluding hydrogens is 452 g/mol. The predicted octanol–water partition coefficient (Wildman–Crippen LogP) is 3.09. The van der Waals surface area contributed by atoms with E-state index in [1.54, 1.807) is 12.0 Å². The highest BCUT2D eigenvalue weighted by molar-refractivity contribution is 6.32. The molecule has 188 valence electrons. The molecule has 7 heteroatoms. The number of carbonyl (C=O) groups excluding carboxylic acids is 2. The monoisotopic (exact) mass is 487 g/mol. The van der Waals surface area contributed by atoms with Crippen LogP contribution in [0, 0.1) is 0 Å². The molecule has 2 amide bonds. The molecule has 2 aromatic rings. The second kappa shape index (κ2) is 10.9. The molecule has 0 bridgehead atoms. The van der Waals surface area contributed by atoms with Crippen LogP contribution in [0.3, 0.4) is 0 Å². The van der Waals surface area contributed by atoms with Crippen LogP contribution in [0.1, 0.15) is 31.9 Å². The molecule has 2 heterocycles. The standard InChI is InChI=1S/C29H34N4O3/c1-6-33(7-2)16-15-32(4)29(35)26-19(3)30-25(27(26)20-11-10-12-21(17-20)36-5)18-23-22-13-8-9-14-24(22)31-28(23)34/h8-14,17-18,30H,6-7,15-16H2,1-5H3,(H,31,34)/p+1/b23-18-. The molecule has 0 spiro atoms. The number of allylic oxidation sites excluding steroid dienone is 2. The number of fused-ring (bicyclic) bond motifs is 1. The van der Waals surface area contributed by atoms with Gasteiger partial charge >= 0.3 is 0 Å².